The third kappa shape index (κ3) is 5.67. The first-order valence-corrected chi connectivity index (χ1v) is 14.0. The lowest BCUT2D eigenvalue weighted by Gasteiger charge is -2.50. The Morgan fingerprint density at radius 3 is 2.73 bits per heavy atom. The van der Waals surface area contributed by atoms with Gasteiger partial charge in [-0.2, -0.15) is 0 Å². The minimum Gasteiger partial charge on any atom is -0.458 e. The molecule has 5 nitrogen and oxygen atoms in total. The van der Waals surface area contributed by atoms with Crippen molar-refractivity contribution in [1.82, 2.24) is 14.9 Å². The SMILES string of the molecule is Cc1cccc(C2=C[C@@H]3CC[C@H]2C[C@@]3(CCN(C)CCCc2nc3ccccc3[nH]2)OC(=O)C(C)C)c1. The highest BCUT2D eigenvalue weighted by Crippen LogP contribution is 2.53. The number of H-pyrrole nitrogens is 1. The van der Waals surface area contributed by atoms with Crippen LogP contribution >= 0.6 is 0 Å². The van der Waals surface area contributed by atoms with Gasteiger partial charge >= 0.3 is 5.97 Å². The van der Waals surface area contributed by atoms with Gasteiger partial charge in [0.1, 0.15) is 11.4 Å². The zero-order valence-electron chi connectivity index (χ0n) is 22.8. The number of ether oxygens (including phenoxy) is 1. The van der Waals surface area contributed by atoms with Crippen LogP contribution in [-0.2, 0) is 16.0 Å². The van der Waals surface area contributed by atoms with E-state index in [4.69, 9.17) is 9.72 Å². The summed E-state index contributed by atoms with van der Waals surface area (Å²) in [5, 5.41) is 0. The number of esters is 1. The molecule has 0 amide bonds. The molecule has 0 radical (unpaired) electrons. The zero-order chi connectivity index (χ0) is 26.0. The van der Waals surface area contributed by atoms with E-state index in [1.54, 1.807) is 0 Å². The molecule has 1 aromatic heterocycles. The molecule has 1 fully saturated rings. The van der Waals surface area contributed by atoms with Crippen LogP contribution in [0.1, 0.15) is 62.9 Å². The van der Waals surface area contributed by atoms with Crippen molar-refractivity contribution in [2.75, 3.05) is 20.1 Å². The summed E-state index contributed by atoms with van der Waals surface area (Å²) in [5.41, 5.74) is 5.82. The number of imidazole rings is 1. The average Bonchev–Trinajstić information content (AvgIpc) is 3.30. The van der Waals surface area contributed by atoms with Crippen molar-refractivity contribution in [3.63, 3.8) is 0 Å². The highest BCUT2D eigenvalue weighted by molar-refractivity contribution is 5.75. The third-order valence-electron chi connectivity index (χ3n) is 8.35. The average molecular weight is 500 g/mol. The third-order valence-corrected chi connectivity index (χ3v) is 8.35. The molecule has 37 heavy (non-hydrogen) atoms. The summed E-state index contributed by atoms with van der Waals surface area (Å²) in [6, 6.07) is 17.0. The number of benzene rings is 2. The number of nitrogens with zero attached hydrogens (tertiary/aromatic N) is 2. The van der Waals surface area contributed by atoms with Crippen molar-refractivity contribution < 1.29 is 9.53 Å². The van der Waals surface area contributed by atoms with Crippen LogP contribution < -0.4 is 0 Å². The largest absolute Gasteiger partial charge is 0.458 e. The molecule has 0 saturated heterocycles. The number of rotatable bonds is 10. The number of nitrogens with one attached hydrogen (secondary N) is 1. The van der Waals surface area contributed by atoms with Crippen molar-refractivity contribution in [1.29, 1.82) is 0 Å². The fourth-order valence-corrected chi connectivity index (χ4v) is 6.23. The van der Waals surface area contributed by atoms with E-state index in [-0.39, 0.29) is 17.8 Å². The van der Waals surface area contributed by atoms with Crippen molar-refractivity contribution >= 4 is 22.6 Å². The fraction of sp³-hybridized carbons (Fsp3) is 0.500. The van der Waals surface area contributed by atoms with E-state index in [9.17, 15) is 4.79 Å². The number of aromatic nitrogens is 2. The van der Waals surface area contributed by atoms with E-state index in [0.717, 1.165) is 62.1 Å². The maximum Gasteiger partial charge on any atom is 0.308 e. The van der Waals surface area contributed by atoms with Crippen molar-refractivity contribution in [2.45, 2.75) is 64.9 Å². The molecule has 0 aliphatic heterocycles. The molecule has 6 rings (SSSR count). The Balaban J connectivity index is 1.24. The molecule has 1 saturated carbocycles. The second-order valence-electron chi connectivity index (χ2n) is 11.6. The number of carbonyl (C=O) groups excluding carboxylic acids is 1. The molecule has 1 heterocycles. The van der Waals surface area contributed by atoms with E-state index in [0.29, 0.717) is 5.92 Å². The van der Waals surface area contributed by atoms with E-state index < -0.39 is 5.60 Å². The van der Waals surface area contributed by atoms with Crippen LogP contribution in [-0.4, -0.2) is 46.6 Å². The van der Waals surface area contributed by atoms with Gasteiger partial charge in [-0.15, -0.1) is 0 Å². The highest BCUT2D eigenvalue weighted by Gasteiger charge is 2.50. The Morgan fingerprint density at radius 1 is 1.16 bits per heavy atom. The van der Waals surface area contributed by atoms with E-state index in [1.807, 2.05) is 26.0 Å². The highest BCUT2D eigenvalue weighted by atomic mass is 16.6. The number of aryl methyl sites for hydroxylation is 2. The summed E-state index contributed by atoms with van der Waals surface area (Å²) in [5.74, 6) is 1.60. The van der Waals surface area contributed by atoms with Gasteiger partial charge in [0.25, 0.3) is 0 Å². The van der Waals surface area contributed by atoms with Crippen LogP contribution in [0.25, 0.3) is 16.6 Å². The number of fused-ring (bicyclic) bond motifs is 3. The Bertz CT molecular complexity index is 1240. The van der Waals surface area contributed by atoms with Crippen molar-refractivity contribution in [3.8, 4) is 0 Å². The van der Waals surface area contributed by atoms with Gasteiger partial charge < -0.3 is 14.6 Å². The molecule has 1 N–H and O–H groups in total. The summed E-state index contributed by atoms with van der Waals surface area (Å²) < 4.78 is 6.41. The zero-order valence-corrected chi connectivity index (χ0v) is 22.8. The molecule has 0 unspecified atom stereocenters. The van der Waals surface area contributed by atoms with Gasteiger partial charge in [0.2, 0.25) is 0 Å². The number of aromatic amines is 1. The second kappa shape index (κ2) is 10.8. The van der Waals surface area contributed by atoms with E-state index >= 15 is 0 Å². The van der Waals surface area contributed by atoms with Crippen LogP contribution in [0.3, 0.4) is 0 Å². The molecular weight excluding hydrogens is 458 g/mol. The predicted octanol–water partition coefficient (Wildman–Crippen LogP) is 6.58. The standard InChI is InChI=1S/C32H41N3O2/c1-22(2)31(36)37-32(21-25-14-15-26(32)20-27(25)24-10-7-9-23(3)19-24)16-18-35(4)17-8-13-30-33-28-11-5-6-12-29(28)34-30/h5-7,9-12,19-20,22,25-26H,8,13-18,21H2,1-4H3,(H,33,34)/t25-,26-,32+/m0/s1. The predicted molar refractivity (Wildman–Crippen MR) is 150 cm³/mol. The molecule has 196 valence electrons. The van der Waals surface area contributed by atoms with Gasteiger partial charge in [-0.1, -0.05) is 61.9 Å². The smallest absolute Gasteiger partial charge is 0.308 e. The van der Waals surface area contributed by atoms with Crippen LogP contribution in [0, 0.1) is 24.7 Å². The molecule has 3 aromatic rings. The quantitative estimate of drug-likeness (QED) is 0.320. The van der Waals surface area contributed by atoms with E-state index in [1.165, 1.54) is 23.1 Å². The number of para-hydroxylation sites is 2. The van der Waals surface area contributed by atoms with Gasteiger partial charge in [-0.3, -0.25) is 4.79 Å². The van der Waals surface area contributed by atoms with Crippen LogP contribution in [0.15, 0.2) is 54.6 Å². The molecule has 0 spiro atoms. The summed E-state index contributed by atoms with van der Waals surface area (Å²) in [6.07, 6.45) is 8.51. The number of hydrogen-bond acceptors (Lipinski definition) is 4. The maximum atomic E-state index is 12.9. The first kappa shape index (κ1) is 25.7. The normalized spacial score (nSPS) is 23.1. The molecular formula is C32H41N3O2. The van der Waals surface area contributed by atoms with Crippen LogP contribution in [0.2, 0.25) is 0 Å². The first-order valence-electron chi connectivity index (χ1n) is 14.0. The van der Waals surface area contributed by atoms with Crippen molar-refractivity contribution in [3.05, 3.63) is 71.6 Å². The fourth-order valence-electron chi connectivity index (χ4n) is 6.23. The van der Waals surface area contributed by atoms with Gasteiger partial charge in [0, 0.05) is 25.3 Å². The Labute approximate surface area is 221 Å². The maximum absolute atomic E-state index is 12.9. The summed E-state index contributed by atoms with van der Waals surface area (Å²) in [7, 11) is 2.19. The monoisotopic (exact) mass is 499 g/mol. The second-order valence-corrected chi connectivity index (χ2v) is 11.6. The molecule has 3 atom stereocenters. The van der Waals surface area contributed by atoms with Gasteiger partial charge in [-0.25, -0.2) is 4.98 Å². The van der Waals surface area contributed by atoms with Crippen molar-refractivity contribution in [2.24, 2.45) is 17.8 Å². The number of carbonyl (C=O) groups is 1. The van der Waals surface area contributed by atoms with E-state index in [2.05, 4.69) is 66.3 Å². The number of allylic oxidation sites excluding steroid dienone is 1. The van der Waals surface area contributed by atoms with Gasteiger partial charge in [-0.05, 0) is 75.4 Å². The molecule has 3 aliphatic rings. The minimum absolute atomic E-state index is 0.0643. The summed E-state index contributed by atoms with van der Waals surface area (Å²) in [6.45, 7) is 7.95. The molecule has 5 heteroatoms. The first-order chi connectivity index (χ1) is 17.8. The lowest BCUT2D eigenvalue weighted by molar-refractivity contribution is -0.176. The van der Waals surface area contributed by atoms with Gasteiger partial charge in [0.05, 0.1) is 17.0 Å². The molecule has 3 aliphatic carbocycles. The lowest BCUT2D eigenvalue weighted by Crippen LogP contribution is -2.51. The Morgan fingerprint density at radius 2 is 2.00 bits per heavy atom. The Hall–Kier alpha value is -2.92. The summed E-state index contributed by atoms with van der Waals surface area (Å²) in [4.78, 5) is 23.4. The van der Waals surface area contributed by atoms with Gasteiger partial charge in [0.15, 0.2) is 0 Å². The molecule has 2 bridgehead atoms. The lowest BCUT2D eigenvalue weighted by atomic mass is 9.60. The summed E-state index contributed by atoms with van der Waals surface area (Å²) >= 11 is 0. The topological polar surface area (TPSA) is 58.2 Å². The molecule has 2 aromatic carbocycles. The van der Waals surface area contributed by atoms with Crippen LogP contribution in [0.4, 0.5) is 0 Å². The Kier molecular flexibility index (Phi) is 7.52. The minimum atomic E-state index is -0.398. The number of hydrogen-bond donors (Lipinski definition) is 1. The van der Waals surface area contributed by atoms with Crippen LogP contribution in [0.5, 0.6) is 0 Å².